The maximum Gasteiger partial charge on any atom is 0.264 e. The molecule has 0 aliphatic carbocycles. The second-order valence-electron chi connectivity index (χ2n) is 8.66. The number of aromatic nitrogens is 2. The largest absolute Gasteiger partial charge is 0.353 e. The van der Waals surface area contributed by atoms with Gasteiger partial charge in [0.1, 0.15) is 17.0 Å². The predicted molar refractivity (Wildman–Crippen MR) is 121 cm³/mol. The van der Waals surface area contributed by atoms with E-state index in [2.05, 4.69) is 26.7 Å². The highest BCUT2D eigenvalue weighted by Gasteiger charge is 2.41. The summed E-state index contributed by atoms with van der Waals surface area (Å²) in [6.07, 6.45) is 4.29. The molecule has 0 bridgehead atoms. The van der Waals surface area contributed by atoms with Gasteiger partial charge < -0.3 is 19.3 Å². The lowest BCUT2D eigenvalue weighted by molar-refractivity contribution is -0.181. The van der Waals surface area contributed by atoms with E-state index in [0.29, 0.717) is 26.3 Å². The van der Waals surface area contributed by atoms with Gasteiger partial charge in [0.2, 0.25) is 0 Å². The van der Waals surface area contributed by atoms with Crippen LogP contribution in [0, 0.1) is 6.92 Å². The van der Waals surface area contributed by atoms with Crippen LogP contribution in [0.5, 0.6) is 0 Å². The van der Waals surface area contributed by atoms with Gasteiger partial charge in [-0.1, -0.05) is 6.92 Å². The number of piperidine rings is 1. The molecule has 9 heteroatoms. The lowest BCUT2D eigenvalue weighted by atomic mass is 10.0. The third kappa shape index (κ3) is 3.92. The van der Waals surface area contributed by atoms with E-state index in [9.17, 15) is 4.79 Å². The number of aryl methyl sites for hydroxylation is 1. The Morgan fingerprint density at radius 1 is 1.10 bits per heavy atom. The molecule has 0 unspecified atom stereocenters. The zero-order chi connectivity index (χ0) is 21.4. The van der Waals surface area contributed by atoms with Crippen LogP contribution in [-0.2, 0) is 9.47 Å². The Kier molecular flexibility index (Phi) is 5.85. The van der Waals surface area contributed by atoms with Crippen molar-refractivity contribution in [3.05, 3.63) is 16.8 Å². The van der Waals surface area contributed by atoms with Gasteiger partial charge in [0, 0.05) is 52.1 Å². The Bertz CT molecular complexity index is 940. The number of hydrogen-bond donors (Lipinski definition) is 0. The van der Waals surface area contributed by atoms with Crippen molar-refractivity contribution < 1.29 is 14.3 Å². The summed E-state index contributed by atoms with van der Waals surface area (Å²) in [6, 6.07) is 0. The van der Waals surface area contributed by atoms with Crippen LogP contribution in [0.4, 0.5) is 5.82 Å². The number of fused-ring (bicyclic) bond motifs is 1. The number of hydrogen-bond acceptors (Lipinski definition) is 8. The van der Waals surface area contributed by atoms with Crippen molar-refractivity contribution >= 4 is 33.3 Å². The quantitative estimate of drug-likeness (QED) is 0.716. The first-order valence-corrected chi connectivity index (χ1v) is 12.2. The molecule has 0 aromatic carbocycles. The second-order valence-corrected chi connectivity index (χ2v) is 9.66. The fourth-order valence-corrected chi connectivity index (χ4v) is 6.09. The van der Waals surface area contributed by atoms with Crippen molar-refractivity contribution in [3.63, 3.8) is 0 Å². The first-order chi connectivity index (χ1) is 15.1. The molecular formula is C22H31N5O3S. The third-order valence-corrected chi connectivity index (χ3v) is 7.93. The summed E-state index contributed by atoms with van der Waals surface area (Å²) < 4.78 is 11.6. The highest BCUT2D eigenvalue weighted by atomic mass is 32.1. The normalized spacial score (nSPS) is 22.0. The van der Waals surface area contributed by atoms with Crippen LogP contribution < -0.4 is 4.90 Å². The van der Waals surface area contributed by atoms with E-state index in [1.165, 1.54) is 17.8 Å². The number of carbonyl (C=O) groups is 1. The van der Waals surface area contributed by atoms with E-state index in [1.807, 2.05) is 11.8 Å². The highest BCUT2D eigenvalue weighted by Crippen LogP contribution is 2.37. The summed E-state index contributed by atoms with van der Waals surface area (Å²) in [4.78, 5) is 31.0. The minimum absolute atomic E-state index is 0.0899. The van der Waals surface area contributed by atoms with E-state index in [1.54, 1.807) is 6.33 Å². The smallest absolute Gasteiger partial charge is 0.264 e. The molecular weight excluding hydrogens is 414 g/mol. The molecule has 3 aliphatic heterocycles. The van der Waals surface area contributed by atoms with E-state index in [0.717, 1.165) is 72.0 Å². The summed E-state index contributed by atoms with van der Waals surface area (Å²) in [5, 5.41) is 1.04. The first-order valence-electron chi connectivity index (χ1n) is 11.4. The molecule has 3 saturated heterocycles. The number of nitrogens with zero attached hydrogens (tertiary/aromatic N) is 5. The van der Waals surface area contributed by atoms with E-state index >= 15 is 0 Å². The lowest BCUT2D eigenvalue weighted by Crippen LogP contribution is -2.47. The number of carbonyl (C=O) groups excluding carboxylic acids is 1. The van der Waals surface area contributed by atoms with Gasteiger partial charge in [-0.15, -0.1) is 11.3 Å². The predicted octanol–water partition coefficient (Wildman–Crippen LogP) is 2.51. The molecule has 1 amide bonds. The Morgan fingerprint density at radius 3 is 2.48 bits per heavy atom. The van der Waals surface area contributed by atoms with Gasteiger partial charge in [-0.2, -0.15) is 0 Å². The maximum atomic E-state index is 13.4. The highest BCUT2D eigenvalue weighted by molar-refractivity contribution is 7.20. The Balaban J connectivity index is 1.35. The van der Waals surface area contributed by atoms with Crippen LogP contribution in [0.3, 0.4) is 0 Å². The number of anilines is 1. The van der Waals surface area contributed by atoms with Gasteiger partial charge >= 0.3 is 0 Å². The van der Waals surface area contributed by atoms with E-state index < -0.39 is 5.79 Å². The van der Waals surface area contributed by atoms with Crippen molar-refractivity contribution in [3.8, 4) is 0 Å². The zero-order valence-corrected chi connectivity index (χ0v) is 19.2. The zero-order valence-electron chi connectivity index (χ0n) is 18.4. The standard InChI is InChI=1S/C22H31N5O3S/c1-3-6-25-9-11-26(12-10-25)19-17-16(2)18(31-20(17)24-15-23-19)21(28)27-7-4-22(5-8-27)29-13-14-30-22/h15H,3-14H2,1-2H3. The van der Waals surface area contributed by atoms with Gasteiger partial charge in [-0.05, 0) is 25.5 Å². The van der Waals surface area contributed by atoms with Gasteiger partial charge in [-0.25, -0.2) is 9.97 Å². The Labute approximate surface area is 187 Å². The van der Waals surface area contributed by atoms with Crippen LogP contribution in [0.1, 0.15) is 41.4 Å². The molecule has 5 heterocycles. The summed E-state index contributed by atoms with van der Waals surface area (Å²) in [5.74, 6) is 0.594. The summed E-state index contributed by atoms with van der Waals surface area (Å²) in [6.45, 7) is 12.0. The number of rotatable bonds is 4. The number of ether oxygens (including phenoxy) is 2. The molecule has 5 rings (SSSR count). The third-order valence-electron chi connectivity index (χ3n) is 6.74. The average Bonchev–Trinajstić information content (AvgIpc) is 3.39. The first kappa shape index (κ1) is 21.1. The molecule has 0 saturated carbocycles. The van der Waals surface area contributed by atoms with Crippen molar-refractivity contribution in [2.24, 2.45) is 0 Å². The second kappa shape index (κ2) is 8.61. The Hall–Kier alpha value is -1.81. The number of piperazine rings is 1. The van der Waals surface area contributed by atoms with Crippen LogP contribution >= 0.6 is 11.3 Å². The molecule has 1 spiro atoms. The van der Waals surface area contributed by atoms with E-state index in [-0.39, 0.29) is 5.91 Å². The van der Waals surface area contributed by atoms with Crippen LogP contribution in [-0.4, -0.2) is 90.5 Å². The molecule has 8 nitrogen and oxygen atoms in total. The van der Waals surface area contributed by atoms with Crippen LogP contribution in [0.2, 0.25) is 0 Å². The number of thiophene rings is 1. The van der Waals surface area contributed by atoms with Crippen molar-refractivity contribution in [1.29, 1.82) is 0 Å². The van der Waals surface area contributed by atoms with Crippen LogP contribution in [0.25, 0.3) is 10.2 Å². The van der Waals surface area contributed by atoms with Gasteiger partial charge in [0.05, 0.1) is 23.5 Å². The molecule has 3 aliphatic rings. The van der Waals surface area contributed by atoms with Gasteiger partial charge in [-0.3, -0.25) is 9.69 Å². The molecule has 2 aromatic rings. The SMILES string of the molecule is CCCN1CCN(c2ncnc3sc(C(=O)N4CCC5(CC4)OCCO5)c(C)c23)CC1. The van der Waals surface area contributed by atoms with Gasteiger partial charge in [0.15, 0.2) is 5.79 Å². The topological polar surface area (TPSA) is 71.0 Å². The Morgan fingerprint density at radius 2 is 1.81 bits per heavy atom. The summed E-state index contributed by atoms with van der Waals surface area (Å²) in [7, 11) is 0. The van der Waals surface area contributed by atoms with Gasteiger partial charge in [0.25, 0.3) is 5.91 Å². The lowest BCUT2D eigenvalue weighted by Gasteiger charge is -2.37. The van der Waals surface area contributed by atoms with E-state index in [4.69, 9.17) is 9.47 Å². The van der Waals surface area contributed by atoms with Crippen molar-refractivity contribution in [1.82, 2.24) is 19.8 Å². The molecule has 2 aromatic heterocycles. The molecule has 3 fully saturated rings. The molecule has 0 N–H and O–H groups in total. The number of likely N-dealkylation sites (tertiary alicyclic amines) is 1. The maximum absolute atomic E-state index is 13.4. The minimum Gasteiger partial charge on any atom is -0.353 e. The number of amides is 1. The minimum atomic E-state index is -0.468. The molecule has 168 valence electrons. The average molecular weight is 446 g/mol. The molecule has 0 radical (unpaired) electrons. The summed E-state index contributed by atoms with van der Waals surface area (Å²) in [5.41, 5.74) is 1.00. The van der Waals surface area contributed by atoms with Crippen molar-refractivity contribution in [2.45, 2.75) is 38.9 Å². The monoisotopic (exact) mass is 445 g/mol. The summed E-state index contributed by atoms with van der Waals surface area (Å²) >= 11 is 1.49. The molecule has 0 atom stereocenters. The fourth-order valence-electron chi connectivity index (χ4n) is 4.98. The van der Waals surface area contributed by atoms with Crippen LogP contribution in [0.15, 0.2) is 6.33 Å². The molecule has 31 heavy (non-hydrogen) atoms. The fraction of sp³-hybridized carbons (Fsp3) is 0.682. The van der Waals surface area contributed by atoms with Crippen molar-refractivity contribution in [2.75, 3.05) is 63.9 Å².